The molecule has 5 heteroatoms. The van der Waals surface area contributed by atoms with Gasteiger partial charge in [0.2, 0.25) is 0 Å². The van der Waals surface area contributed by atoms with Crippen LogP contribution in [0.1, 0.15) is 0 Å². The Morgan fingerprint density at radius 3 is 1.27 bits per heavy atom. The summed E-state index contributed by atoms with van der Waals surface area (Å²) in [7, 11) is 0. The van der Waals surface area contributed by atoms with Gasteiger partial charge in [0.05, 0.1) is 44.1 Å². The van der Waals surface area contributed by atoms with Crippen LogP contribution in [0, 0.1) is 0 Å². The molecule has 0 unspecified atom stereocenters. The van der Waals surface area contributed by atoms with Gasteiger partial charge in [0.15, 0.2) is 0 Å². The maximum absolute atomic E-state index is 4.77. The third-order valence-corrected chi connectivity index (χ3v) is 9.12. The number of para-hydroxylation sites is 3. The van der Waals surface area contributed by atoms with E-state index < -0.39 is 0 Å². The summed E-state index contributed by atoms with van der Waals surface area (Å²) in [6.45, 7) is 0. The third kappa shape index (κ3) is 3.38. The predicted molar refractivity (Wildman–Crippen MR) is 185 cm³/mol. The van der Waals surface area contributed by atoms with Crippen LogP contribution in [-0.2, 0) is 0 Å². The number of fused-ring (bicyclic) bond motifs is 9. The molecule has 210 valence electrons. The van der Waals surface area contributed by atoms with Crippen molar-refractivity contribution in [3.05, 3.63) is 152 Å². The molecule has 45 heavy (non-hydrogen) atoms. The van der Waals surface area contributed by atoms with Crippen molar-refractivity contribution in [2.75, 3.05) is 0 Å². The highest BCUT2D eigenvalue weighted by atomic mass is 15.0. The quantitative estimate of drug-likeness (QED) is 0.210. The highest BCUT2D eigenvalue weighted by molar-refractivity contribution is 6.13. The van der Waals surface area contributed by atoms with Crippen LogP contribution in [0.4, 0.5) is 0 Å². The maximum atomic E-state index is 4.77. The molecule has 5 aromatic carbocycles. The van der Waals surface area contributed by atoms with Gasteiger partial charge in [-0.1, -0.05) is 54.6 Å². The van der Waals surface area contributed by atoms with Crippen LogP contribution in [-0.4, -0.2) is 23.7 Å². The van der Waals surface area contributed by atoms with E-state index in [-0.39, 0.29) is 0 Å². The van der Waals surface area contributed by atoms with Crippen molar-refractivity contribution in [2.24, 2.45) is 0 Å². The van der Waals surface area contributed by atoms with E-state index >= 15 is 0 Å². The largest absolute Gasteiger partial charge is 0.309 e. The summed E-state index contributed by atoms with van der Waals surface area (Å²) in [6.07, 6.45) is 3.75. The van der Waals surface area contributed by atoms with Crippen molar-refractivity contribution >= 4 is 65.7 Å². The van der Waals surface area contributed by atoms with E-state index in [0.29, 0.717) is 0 Å². The molecule has 0 atom stereocenters. The van der Waals surface area contributed by atoms with E-state index in [4.69, 9.17) is 9.97 Å². The number of aromatic nitrogens is 5. The zero-order chi connectivity index (χ0) is 29.5. The highest BCUT2D eigenvalue weighted by Gasteiger charge is 2.19. The average molecular weight is 576 g/mol. The van der Waals surface area contributed by atoms with Crippen molar-refractivity contribution in [3.63, 3.8) is 0 Å². The Hall–Kier alpha value is -6.20. The standard InChI is InChI=1S/C40H25N5/c1-2-10-26(11-3-1)43-35-20-18-27(44-33-14-6-4-12-29(33)39-37(44)16-8-22-41-39)24-31(35)32-25-28(19-21-36(32)43)45-34-15-7-5-13-30(34)40-38(45)17-9-23-42-40/h1-25H. The molecule has 0 saturated heterocycles. The lowest BCUT2D eigenvalue weighted by atomic mass is 10.1. The van der Waals surface area contributed by atoms with E-state index in [9.17, 15) is 0 Å². The van der Waals surface area contributed by atoms with Crippen molar-refractivity contribution in [3.8, 4) is 17.1 Å². The molecule has 0 saturated carbocycles. The Bertz CT molecular complexity index is 2490. The van der Waals surface area contributed by atoms with Crippen LogP contribution in [0.5, 0.6) is 0 Å². The van der Waals surface area contributed by atoms with Crippen molar-refractivity contribution < 1.29 is 0 Å². The second-order valence-electron chi connectivity index (χ2n) is 11.5. The maximum Gasteiger partial charge on any atom is 0.0963 e. The summed E-state index contributed by atoms with van der Waals surface area (Å²) in [5, 5.41) is 4.70. The van der Waals surface area contributed by atoms with Gasteiger partial charge in [-0.05, 0) is 84.9 Å². The number of rotatable bonds is 3. The van der Waals surface area contributed by atoms with E-state index in [1.807, 2.05) is 24.5 Å². The highest BCUT2D eigenvalue weighted by Crippen LogP contribution is 2.38. The average Bonchev–Trinajstić information content (AvgIpc) is 3.74. The number of pyridine rings is 2. The Morgan fingerprint density at radius 2 is 0.733 bits per heavy atom. The van der Waals surface area contributed by atoms with Gasteiger partial charge in [0.25, 0.3) is 0 Å². The Kier molecular flexibility index (Phi) is 4.93. The van der Waals surface area contributed by atoms with Gasteiger partial charge < -0.3 is 13.7 Å². The van der Waals surface area contributed by atoms with Gasteiger partial charge >= 0.3 is 0 Å². The first-order valence-corrected chi connectivity index (χ1v) is 15.2. The Balaban J connectivity index is 1.31. The molecule has 10 aromatic rings. The van der Waals surface area contributed by atoms with E-state index in [1.54, 1.807) is 0 Å². The fourth-order valence-electron chi connectivity index (χ4n) is 7.26. The van der Waals surface area contributed by atoms with Crippen molar-refractivity contribution in [2.45, 2.75) is 0 Å². The second kappa shape index (κ2) is 9.15. The molecule has 0 amide bonds. The summed E-state index contributed by atoms with van der Waals surface area (Å²) in [6, 6.07) is 49.7. The summed E-state index contributed by atoms with van der Waals surface area (Å²) < 4.78 is 7.05. The fraction of sp³-hybridized carbons (Fsp3) is 0. The van der Waals surface area contributed by atoms with Gasteiger partial charge in [-0.3, -0.25) is 9.97 Å². The summed E-state index contributed by atoms with van der Waals surface area (Å²) >= 11 is 0. The van der Waals surface area contributed by atoms with Crippen LogP contribution >= 0.6 is 0 Å². The number of benzene rings is 5. The zero-order valence-electron chi connectivity index (χ0n) is 24.2. The fourth-order valence-corrected chi connectivity index (χ4v) is 7.26. The first kappa shape index (κ1) is 24.3. The molecule has 5 aromatic heterocycles. The minimum atomic E-state index is 1.02. The summed E-state index contributed by atoms with van der Waals surface area (Å²) in [5.41, 5.74) is 12.2. The topological polar surface area (TPSA) is 40.6 Å². The van der Waals surface area contributed by atoms with Gasteiger partial charge in [-0.25, -0.2) is 0 Å². The van der Waals surface area contributed by atoms with Crippen molar-refractivity contribution in [1.82, 2.24) is 23.7 Å². The van der Waals surface area contributed by atoms with Crippen LogP contribution < -0.4 is 0 Å². The molecule has 0 radical (unpaired) electrons. The number of hydrogen-bond acceptors (Lipinski definition) is 2. The Labute approximate surface area is 257 Å². The molecular formula is C40H25N5. The van der Waals surface area contributed by atoms with Gasteiger partial charge in [-0.15, -0.1) is 0 Å². The minimum Gasteiger partial charge on any atom is -0.309 e. The van der Waals surface area contributed by atoms with E-state index in [0.717, 1.165) is 60.9 Å². The third-order valence-electron chi connectivity index (χ3n) is 9.12. The monoisotopic (exact) mass is 575 g/mol. The molecular weight excluding hydrogens is 550 g/mol. The smallest absolute Gasteiger partial charge is 0.0963 e. The molecule has 5 heterocycles. The van der Waals surface area contributed by atoms with Crippen LogP contribution in [0.2, 0.25) is 0 Å². The molecule has 0 fully saturated rings. The first-order valence-electron chi connectivity index (χ1n) is 15.2. The molecule has 0 spiro atoms. The molecule has 0 N–H and O–H groups in total. The van der Waals surface area contributed by atoms with Crippen molar-refractivity contribution in [1.29, 1.82) is 0 Å². The van der Waals surface area contributed by atoms with Gasteiger partial charge in [-0.2, -0.15) is 0 Å². The molecule has 10 rings (SSSR count). The van der Waals surface area contributed by atoms with Crippen LogP contribution in [0.25, 0.3) is 82.7 Å². The number of nitrogens with zero attached hydrogens (tertiary/aromatic N) is 5. The molecule has 5 nitrogen and oxygen atoms in total. The molecule has 0 bridgehead atoms. The first-order chi connectivity index (χ1) is 22.3. The SMILES string of the molecule is c1ccc(-n2c3ccc(-n4c5ccccc5c5ncccc54)cc3c3cc(-n4c5ccccc5c5ncccc54)ccc32)cc1. The minimum absolute atomic E-state index is 1.02. The molecule has 0 aliphatic rings. The lowest BCUT2D eigenvalue weighted by molar-refractivity contribution is 1.16. The second-order valence-corrected chi connectivity index (χ2v) is 11.5. The lowest BCUT2D eigenvalue weighted by Gasteiger charge is -2.10. The zero-order valence-corrected chi connectivity index (χ0v) is 24.2. The van der Waals surface area contributed by atoms with E-state index in [1.165, 1.54) is 21.8 Å². The predicted octanol–water partition coefficient (Wildman–Crippen LogP) is 9.77. The number of hydrogen-bond donors (Lipinski definition) is 0. The van der Waals surface area contributed by atoms with Gasteiger partial charge in [0.1, 0.15) is 0 Å². The normalized spacial score (nSPS) is 12.0. The Morgan fingerprint density at radius 1 is 0.311 bits per heavy atom. The van der Waals surface area contributed by atoms with Crippen LogP contribution in [0.3, 0.4) is 0 Å². The van der Waals surface area contributed by atoms with Crippen LogP contribution in [0.15, 0.2) is 152 Å². The lowest BCUT2D eigenvalue weighted by Crippen LogP contribution is -1.96. The van der Waals surface area contributed by atoms with Gasteiger partial charge in [0, 0.05) is 51.0 Å². The molecule has 0 aliphatic carbocycles. The summed E-state index contributed by atoms with van der Waals surface area (Å²) in [5.74, 6) is 0. The summed E-state index contributed by atoms with van der Waals surface area (Å²) in [4.78, 5) is 9.54. The molecule has 0 aliphatic heterocycles. The van der Waals surface area contributed by atoms with E-state index in [2.05, 4.69) is 141 Å².